The maximum absolute atomic E-state index is 6.20. The van der Waals surface area contributed by atoms with Gasteiger partial charge >= 0.3 is 0 Å². The van der Waals surface area contributed by atoms with Gasteiger partial charge in [0.15, 0.2) is 0 Å². The largest absolute Gasteiger partial charge is 0.382 e. The van der Waals surface area contributed by atoms with Crippen LogP contribution in [0.1, 0.15) is 67.6 Å². The van der Waals surface area contributed by atoms with E-state index in [-0.39, 0.29) is 0 Å². The van der Waals surface area contributed by atoms with Crippen molar-refractivity contribution in [3.8, 4) is 22.8 Å². The molecule has 2 fully saturated rings. The fourth-order valence-corrected chi connectivity index (χ4v) is 7.03. The van der Waals surface area contributed by atoms with Crippen molar-refractivity contribution >= 4 is 44.5 Å². The second kappa shape index (κ2) is 10.7. The van der Waals surface area contributed by atoms with Crippen molar-refractivity contribution in [1.29, 1.82) is 0 Å². The number of anilines is 2. The van der Waals surface area contributed by atoms with Gasteiger partial charge in [0, 0.05) is 58.4 Å². The first-order chi connectivity index (χ1) is 23.0. The Morgan fingerprint density at radius 2 is 1.19 bits per heavy atom. The summed E-state index contributed by atoms with van der Waals surface area (Å²) in [6.45, 7) is 2.10. The van der Waals surface area contributed by atoms with Gasteiger partial charge in [0.1, 0.15) is 45.7 Å². The van der Waals surface area contributed by atoms with E-state index >= 15 is 0 Å². The zero-order valence-electron chi connectivity index (χ0n) is 26.2. The fourth-order valence-electron chi connectivity index (χ4n) is 7.03. The monoisotopic (exact) mass is 620 g/mol. The van der Waals surface area contributed by atoms with Crippen LogP contribution in [0.15, 0.2) is 79.4 Å². The zero-order chi connectivity index (χ0) is 31.6. The molecule has 0 saturated heterocycles. The zero-order valence-corrected chi connectivity index (χ0v) is 26.2. The minimum absolute atomic E-state index is 0.527. The van der Waals surface area contributed by atoms with Crippen molar-refractivity contribution < 1.29 is 0 Å². The quantitative estimate of drug-likeness (QED) is 0.158. The number of benzene rings is 2. The summed E-state index contributed by atoms with van der Waals surface area (Å²) < 4.78 is 4.24. The lowest BCUT2D eigenvalue weighted by atomic mass is 9.85. The van der Waals surface area contributed by atoms with Crippen LogP contribution in [0.4, 0.5) is 11.6 Å². The maximum Gasteiger partial charge on any atom is 0.150 e. The number of nitrogens with zero attached hydrogens (tertiary/aromatic N) is 6. The van der Waals surface area contributed by atoms with Crippen LogP contribution < -0.4 is 11.5 Å². The summed E-state index contributed by atoms with van der Waals surface area (Å²) in [4.78, 5) is 25.4. The van der Waals surface area contributed by atoms with Crippen molar-refractivity contribution in [2.45, 2.75) is 57.3 Å². The summed E-state index contributed by atoms with van der Waals surface area (Å²) in [5.74, 6) is 4.32. The van der Waals surface area contributed by atoms with E-state index in [0.717, 1.165) is 56.5 Å². The van der Waals surface area contributed by atoms with Crippen LogP contribution in [0.2, 0.25) is 0 Å². The molecule has 0 bridgehead atoms. The smallest absolute Gasteiger partial charge is 0.150 e. The van der Waals surface area contributed by atoms with Crippen LogP contribution in [0.25, 0.3) is 55.6 Å². The first-order valence-electron chi connectivity index (χ1n) is 16.4. The molecule has 10 rings (SSSR count). The number of H-pyrrole nitrogens is 2. The van der Waals surface area contributed by atoms with Gasteiger partial charge in [-0.15, -0.1) is 0 Å². The molecule has 6 heterocycles. The number of nitrogens with two attached hydrogens (primary N) is 2. The summed E-state index contributed by atoms with van der Waals surface area (Å²) in [6.07, 6.45) is 14.8. The summed E-state index contributed by atoms with van der Waals surface area (Å²) >= 11 is 0. The topological polar surface area (TPSA) is 144 Å². The van der Waals surface area contributed by atoms with E-state index in [4.69, 9.17) is 21.4 Å². The van der Waals surface area contributed by atoms with Crippen molar-refractivity contribution in [3.63, 3.8) is 0 Å². The molecule has 0 unspecified atom stereocenters. The van der Waals surface area contributed by atoms with Crippen LogP contribution in [0.5, 0.6) is 0 Å². The summed E-state index contributed by atoms with van der Waals surface area (Å²) in [5.41, 5.74) is 21.4. The highest BCUT2D eigenvalue weighted by Gasteiger charge is 2.28. The Morgan fingerprint density at radius 1 is 0.660 bits per heavy atom. The number of hydrogen-bond donors (Lipinski definition) is 4. The molecule has 47 heavy (non-hydrogen) atoms. The van der Waals surface area contributed by atoms with E-state index in [1.54, 1.807) is 12.4 Å². The van der Waals surface area contributed by atoms with E-state index in [1.807, 2.05) is 24.5 Å². The molecule has 10 heteroatoms. The number of rotatable bonds is 4. The minimum Gasteiger partial charge on any atom is -0.382 e. The molecule has 234 valence electrons. The Kier molecular flexibility index (Phi) is 6.31. The molecule has 8 aromatic rings. The van der Waals surface area contributed by atoms with Gasteiger partial charge in [-0.05, 0) is 62.4 Å². The summed E-state index contributed by atoms with van der Waals surface area (Å²) in [7, 11) is 0. The molecule has 2 aliphatic rings. The number of aromatic amines is 2. The standard InChI is InChI=1S/C19H19N5.C18H17N5/c1-11-5-6-13-10-15(22-14(13)9-11)16-17-18(20)21-7-8-24(17)19(23-16)12-3-2-4-12;19-17-16-15(14-10-12-4-1-2-7-13(12)21-14)22-18(11-5-3-6-11)23(16)9-8-20-17/h5-10,12,22H,2-4H2,1H3,(H2,20,21);1-2,4,7-11,21H,3,5-6H2,(H2,19,20). The molecule has 2 aliphatic carbocycles. The van der Waals surface area contributed by atoms with E-state index < -0.39 is 0 Å². The van der Waals surface area contributed by atoms with Gasteiger partial charge < -0.3 is 21.4 Å². The Balaban J connectivity index is 0.000000129. The van der Waals surface area contributed by atoms with Crippen molar-refractivity contribution in [2.24, 2.45) is 0 Å². The Labute approximate surface area is 270 Å². The molecule has 10 nitrogen and oxygen atoms in total. The molecule has 6 N–H and O–H groups in total. The van der Waals surface area contributed by atoms with E-state index in [9.17, 15) is 0 Å². The van der Waals surface area contributed by atoms with E-state index in [2.05, 4.69) is 78.1 Å². The number of hydrogen-bond acceptors (Lipinski definition) is 6. The predicted octanol–water partition coefficient (Wildman–Crippen LogP) is 7.76. The lowest BCUT2D eigenvalue weighted by molar-refractivity contribution is 0.400. The van der Waals surface area contributed by atoms with Crippen molar-refractivity contribution in [1.82, 2.24) is 38.7 Å². The molecular formula is C37H36N10. The van der Waals surface area contributed by atoms with Crippen LogP contribution in [0, 0.1) is 6.92 Å². The third-order valence-electron chi connectivity index (χ3n) is 9.98. The number of imidazole rings is 2. The number of aromatic nitrogens is 8. The summed E-state index contributed by atoms with van der Waals surface area (Å²) in [5, 5.41) is 2.36. The normalized spacial score (nSPS) is 15.3. The molecule has 2 saturated carbocycles. The Bertz CT molecular complexity index is 2400. The number of aryl methyl sites for hydroxylation is 1. The van der Waals surface area contributed by atoms with Gasteiger partial charge in [0.25, 0.3) is 0 Å². The SMILES string of the molecule is Cc1ccc2cc(-c3nc(C4CCC4)n4ccnc(N)c34)[nH]c2c1.Nc1nccn2c(C3CCC3)nc(-c3cc4ccccc4[nH]3)c12. The molecule has 0 amide bonds. The minimum atomic E-state index is 0.527. The number of nitrogen functional groups attached to an aromatic ring is 2. The Morgan fingerprint density at radius 3 is 1.72 bits per heavy atom. The summed E-state index contributed by atoms with van der Waals surface area (Å²) in [6, 6.07) is 18.9. The second-order valence-electron chi connectivity index (χ2n) is 13.0. The number of nitrogens with one attached hydrogen (secondary N) is 2. The first kappa shape index (κ1) is 27.7. The lowest BCUT2D eigenvalue weighted by Crippen LogP contribution is -2.12. The first-order valence-corrected chi connectivity index (χ1v) is 16.4. The molecule has 2 aromatic carbocycles. The third kappa shape index (κ3) is 4.54. The van der Waals surface area contributed by atoms with Gasteiger partial charge in [0.05, 0.1) is 11.4 Å². The molecule has 6 aromatic heterocycles. The number of fused-ring (bicyclic) bond motifs is 4. The van der Waals surface area contributed by atoms with Gasteiger partial charge in [-0.3, -0.25) is 8.80 Å². The van der Waals surface area contributed by atoms with Crippen LogP contribution in [-0.4, -0.2) is 38.7 Å². The van der Waals surface area contributed by atoms with Crippen LogP contribution in [0.3, 0.4) is 0 Å². The maximum atomic E-state index is 6.20. The fraction of sp³-hybridized carbons (Fsp3) is 0.243. The van der Waals surface area contributed by atoms with Crippen LogP contribution >= 0.6 is 0 Å². The van der Waals surface area contributed by atoms with Crippen molar-refractivity contribution in [2.75, 3.05) is 11.5 Å². The highest BCUT2D eigenvalue weighted by molar-refractivity contribution is 5.92. The Hall–Kier alpha value is -5.64. The van der Waals surface area contributed by atoms with Gasteiger partial charge in [-0.1, -0.05) is 43.2 Å². The molecule has 0 atom stereocenters. The third-order valence-corrected chi connectivity index (χ3v) is 9.98. The highest BCUT2D eigenvalue weighted by atomic mass is 15.1. The predicted molar refractivity (Wildman–Crippen MR) is 187 cm³/mol. The lowest BCUT2D eigenvalue weighted by Gasteiger charge is -2.23. The van der Waals surface area contributed by atoms with E-state index in [0.29, 0.717) is 23.5 Å². The van der Waals surface area contributed by atoms with E-state index in [1.165, 1.54) is 54.9 Å². The van der Waals surface area contributed by atoms with Gasteiger partial charge in [-0.2, -0.15) is 0 Å². The average Bonchev–Trinajstić information content (AvgIpc) is 3.79. The van der Waals surface area contributed by atoms with Crippen molar-refractivity contribution in [3.05, 3.63) is 96.6 Å². The second-order valence-corrected chi connectivity index (χ2v) is 13.0. The average molecular weight is 621 g/mol. The molecule has 0 aliphatic heterocycles. The van der Waals surface area contributed by atoms with Gasteiger partial charge in [-0.25, -0.2) is 19.9 Å². The number of para-hydroxylation sites is 1. The van der Waals surface area contributed by atoms with Crippen LogP contribution in [-0.2, 0) is 0 Å². The molecule has 0 spiro atoms. The highest BCUT2D eigenvalue weighted by Crippen LogP contribution is 2.41. The molecular weight excluding hydrogens is 584 g/mol. The molecule has 0 radical (unpaired) electrons. The van der Waals surface area contributed by atoms with Gasteiger partial charge in [0.2, 0.25) is 0 Å².